The van der Waals surface area contributed by atoms with E-state index in [-0.39, 0.29) is 5.91 Å². The van der Waals surface area contributed by atoms with E-state index in [9.17, 15) is 4.79 Å². The van der Waals surface area contributed by atoms with E-state index in [2.05, 4.69) is 33.1 Å². The molecule has 0 bridgehead atoms. The molecule has 2 aliphatic rings. The van der Waals surface area contributed by atoms with Crippen LogP contribution in [-0.4, -0.2) is 55.1 Å². The molecule has 1 amide bonds. The van der Waals surface area contributed by atoms with Gasteiger partial charge in [0.05, 0.1) is 6.61 Å². The molecule has 30 heavy (non-hydrogen) atoms. The minimum atomic E-state index is 0.0257. The molecule has 4 rings (SSSR count). The number of nitrogens with one attached hydrogen (secondary N) is 1. The maximum atomic E-state index is 11.5. The number of nitrogens with zero attached hydrogens (tertiary/aromatic N) is 3. The number of aromatic nitrogens is 1. The minimum Gasteiger partial charge on any atom is -0.478 e. The van der Waals surface area contributed by atoms with Gasteiger partial charge in [0.1, 0.15) is 5.82 Å². The van der Waals surface area contributed by atoms with E-state index in [0.29, 0.717) is 24.7 Å². The second kappa shape index (κ2) is 9.67. The second-order valence-corrected chi connectivity index (χ2v) is 8.38. The summed E-state index contributed by atoms with van der Waals surface area (Å²) in [5, 5.41) is 3.66. The van der Waals surface area contributed by atoms with E-state index in [0.717, 1.165) is 62.6 Å². The molecule has 1 N–H and O–H groups in total. The number of anilines is 2. The highest BCUT2D eigenvalue weighted by Gasteiger charge is 2.19. The number of fused-ring (bicyclic) bond motifs is 1. The first-order valence-electron chi connectivity index (χ1n) is 10.7. The van der Waals surface area contributed by atoms with Crippen molar-refractivity contribution in [1.82, 2.24) is 9.88 Å². The van der Waals surface area contributed by atoms with Crippen molar-refractivity contribution in [1.29, 1.82) is 0 Å². The number of benzene rings is 1. The van der Waals surface area contributed by atoms with Gasteiger partial charge in [-0.25, -0.2) is 0 Å². The zero-order chi connectivity index (χ0) is 20.9. The summed E-state index contributed by atoms with van der Waals surface area (Å²) in [6.07, 6.45) is 3.36. The summed E-state index contributed by atoms with van der Waals surface area (Å²) in [5.74, 6) is 1.26. The predicted octanol–water partition coefficient (Wildman–Crippen LogP) is 3.91. The standard InChI is InChI=1S/C23H29ClN4O2/c1-17-19(24)5-4-6-20(17)28-14-12-27(13-15-28)11-2-3-16-30-22-10-8-18-7-9-21(29)25-23(18)26-22/h4-6,8,10H,2-3,7,9,11-16H2,1H3,(H,25,26,29). The van der Waals surface area contributed by atoms with Crippen LogP contribution in [-0.2, 0) is 11.2 Å². The number of hydrogen-bond donors (Lipinski definition) is 1. The highest BCUT2D eigenvalue weighted by molar-refractivity contribution is 6.31. The third-order valence-corrected chi connectivity index (χ3v) is 6.31. The molecule has 0 unspecified atom stereocenters. The van der Waals surface area contributed by atoms with Gasteiger partial charge in [0.15, 0.2) is 0 Å². The summed E-state index contributed by atoms with van der Waals surface area (Å²) >= 11 is 6.27. The number of rotatable bonds is 7. The van der Waals surface area contributed by atoms with Gasteiger partial charge in [0, 0.05) is 49.4 Å². The fourth-order valence-corrected chi connectivity index (χ4v) is 4.24. The summed E-state index contributed by atoms with van der Waals surface area (Å²) in [7, 11) is 0. The van der Waals surface area contributed by atoms with Crippen molar-refractivity contribution < 1.29 is 9.53 Å². The lowest BCUT2D eigenvalue weighted by Gasteiger charge is -2.37. The van der Waals surface area contributed by atoms with E-state index < -0.39 is 0 Å². The van der Waals surface area contributed by atoms with Crippen LogP contribution in [0.25, 0.3) is 0 Å². The molecular formula is C23H29ClN4O2. The number of pyridine rings is 1. The molecule has 3 heterocycles. The van der Waals surface area contributed by atoms with Crippen molar-refractivity contribution in [2.75, 3.05) is 49.5 Å². The number of hydrogen-bond acceptors (Lipinski definition) is 5. The van der Waals surface area contributed by atoms with Gasteiger partial charge in [0.2, 0.25) is 11.8 Å². The van der Waals surface area contributed by atoms with Crippen molar-refractivity contribution in [2.24, 2.45) is 0 Å². The Morgan fingerprint density at radius 3 is 2.77 bits per heavy atom. The number of carbonyl (C=O) groups is 1. The minimum absolute atomic E-state index is 0.0257. The molecule has 0 aliphatic carbocycles. The van der Waals surface area contributed by atoms with Gasteiger partial charge in [-0.1, -0.05) is 17.7 Å². The molecule has 7 heteroatoms. The van der Waals surface area contributed by atoms with E-state index in [4.69, 9.17) is 16.3 Å². The van der Waals surface area contributed by atoms with Crippen LogP contribution < -0.4 is 15.0 Å². The first-order valence-corrected chi connectivity index (χ1v) is 11.1. The van der Waals surface area contributed by atoms with E-state index in [1.807, 2.05) is 24.3 Å². The summed E-state index contributed by atoms with van der Waals surface area (Å²) in [5.41, 5.74) is 3.50. The Hall–Kier alpha value is -2.31. The van der Waals surface area contributed by atoms with Crippen LogP contribution in [0.2, 0.25) is 5.02 Å². The van der Waals surface area contributed by atoms with E-state index in [1.165, 1.54) is 11.3 Å². The third kappa shape index (κ3) is 5.05. The Balaban J connectivity index is 1.15. The Morgan fingerprint density at radius 1 is 1.10 bits per heavy atom. The van der Waals surface area contributed by atoms with Crippen molar-refractivity contribution >= 4 is 29.0 Å². The molecule has 160 valence electrons. The molecular weight excluding hydrogens is 400 g/mol. The highest BCUT2D eigenvalue weighted by Crippen LogP contribution is 2.27. The molecule has 1 fully saturated rings. The zero-order valence-corrected chi connectivity index (χ0v) is 18.2. The molecule has 6 nitrogen and oxygen atoms in total. The number of piperazine rings is 1. The van der Waals surface area contributed by atoms with Crippen molar-refractivity contribution in [3.63, 3.8) is 0 Å². The quantitative estimate of drug-likeness (QED) is 0.677. The summed E-state index contributed by atoms with van der Waals surface area (Å²) in [4.78, 5) is 20.9. The third-order valence-electron chi connectivity index (χ3n) is 5.90. The van der Waals surface area contributed by atoms with Gasteiger partial charge < -0.3 is 15.0 Å². The van der Waals surface area contributed by atoms with Crippen LogP contribution in [0.1, 0.15) is 30.4 Å². The molecule has 0 radical (unpaired) electrons. The lowest BCUT2D eigenvalue weighted by Crippen LogP contribution is -2.46. The van der Waals surface area contributed by atoms with Crippen LogP contribution in [0.3, 0.4) is 0 Å². The lowest BCUT2D eigenvalue weighted by atomic mass is 10.1. The van der Waals surface area contributed by atoms with Crippen LogP contribution in [0.5, 0.6) is 5.88 Å². The maximum absolute atomic E-state index is 11.5. The molecule has 0 saturated carbocycles. The maximum Gasteiger partial charge on any atom is 0.225 e. The van der Waals surface area contributed by atoms with Crippen LogP contribution in [0, 0.1) is 6.92 Å². The average Bonchev–Trinajstić information content (AvgIpc) is 2.76. The SMILES string of the molecule is Cc1c(Cl)cccc1N1CCN(CCCCOc2ccc3c(n2)NC(=O)CC3)CC1. The van der Waals surface area contributed by atoms with Gasteiger partial charge in [-0.05, 0) is 62.1 Å². The zero-order valence-electron chi connectivity index (χ0n) is 17.5. The van der Waals surface area contributed by atoms with Crippen LogP contribution >= 0.6 is 11.6 Å². The Kier molecular flexibility index (Phi) is 6.75. The molecule has 0 spiro atoms. The summed E-state index contributed by atoms with van der Waals surface area (Å²) in [6.45, 7) is 8.01. The van der Waals surface area contributed by atoms with Crippen molar-refractivity contribution in [3.8, 4) is 5.88 Å². The molecule has 1 aromatic carbocycles. The Bertz CT molecular complexity index is 897. The lowest BCUT2D eigenvalue weighted by molar-refractivity contribution is -0.116. The number of halogens is 1. The molecule has 0 atom stereocenters. The fourth-order valence-electron chi connectivity index (χ4n) is 4.07. The van der Waals surface area contributed by atoms with Gasteiger partial charge in [-0.15, -0.1) is 0 Å². The van der Waals surface area contributed by atoms with Gasteiger partial charge in [0.25, 0.3) is 0 Å². The second-order valence-electron chi connectivity index (χ2n) is 7.97. The monoisotopic (exact) mass is 428 g/mol. The molecule has 1 saturated heterocycles. The number of amides is 1. The van der Waals surface area contributed by atoms with Gasteiger partial charge in [-0.2, -0.15) is 4.98 Å². The Labute approximate surface area is 183 Å². The normalized spacial score (nSPS) is 16.9. The first kappa shape index (κ1) is 20.9. The van der Waals surface area contributed by atoms with E-state index >= 15 is 0 Å². The van der Waals surface area contributed by atoms with E-state index in [1.54, 1.807) is 0 Å². The summed E-state index contributed by atoms with van der Waals surface area (Å²) < 4.78 is 5.79. The number of unbranched alkanes of at least 4 members (excludes halogenated alkanes) is 1. The highest BCUT2D eigenvalue weighted by atomic mass is 35.5. The van der Waals surface area contributed by atoms with Gasteiger partial charge in [-0.3, -0.25) is 9.69 Å². The fraction of sp³-hybridized carbons (Fsp3) is 0.478. The smallest absolute Gasteiger partial charge is 0.225 e. The predicted molar refractivity (Wildman–Crippen MR) is 121 cm³/mol. The van der Waals surface area contributed by atoms with Crippen LogP contribution in [0.4, 0.5) is 11.5 Å². The van der Waals surface area contributed by atoms with Crippen LogP contribution in [0.15, 0.2) is 30.3 Å². The number of carbonyl (C=O) groups excluding carboxylic acids is 1. The molecule has 1 aromatic heterocycles. The average molecular weight is 429 g/mol. The van der Waals surface area contributed by atoms with Crippen molar-refractivity contribution in [2.45, 2.75) is 32.6 Å². The number of aryl methyl sites for hydroxylation is 1. The molecule has 2 aliphatic heterocycles. The topological polar surface area (TPSA) is 57.7 Å². The summed E-state index contributed by atoms with van der Waals surface area (Å²) in [6, 6.07) is 10.0. The number of ether oxygens (including phenoxy) is 1. The van der Waals surface area contributed by atoms with Gasteiger partial charge >= 0.3 is 0 Å². The Morgan fingerprint density at radius 2 is 1.93 bits per heavy atom. The van der Waals surface area contributed by atoms with Crippen molar-refractivity contribution in [3.05, 3.63) is 46.5 Å². The first-order chi connectivity index (χ1) is 14.6. The molecule has 2 aromatic rings. The largest absolute Gasteiger partial charge is 0.478 e.